The molecule has 0 bridgehead atoms. The molecular formula is C19H21NO4S. The minimum atomic E-state index is -0.784. The average molecular weight is 359 g/mol. The van der Waals surface area contributed by atoms with Crippen molar-refractivity contribution in [3.8, 4) is 5.75 Å². The van der Waals surface area contributed by atoms with E-state index in [9.17, 15) is 14.7 Å². The van der Waals surface area contributed by atoms with Crippen LogP contribution in [0.1, 0.15) is 33.6 Å². The molecule has 1 aliphatic heterocycles. The SMILES string of the molecule is COc1ccccc1[C@H]1CN(Cc2csc(C(C)=O)c2)C[C@@H]1C(=O)O. The number of hydrogen-bond acceptors (Lipinski definition) is 5. The number of carbonyl (C=O) groups is 2. The third kappa shape index (κ3) is 3.75. The van der Waals surface area contributed by atoms with E-state index in [4.69, 9.17) is 4.74 Å². The maximum absolute atomic E-state index is 11.8. The van der Waals surface area contributed by atoms with Gasteiger partial charge in [-0.1, -0.05) is 18.2 Å². The molecule has 1 aromatic carbocycles. The first-order valence-electron chi connectivity index (χ1n) is 8.16. The van der Waals surface area contributed by atoms with E-state index in [2.05, 4.69) is 4.90 Å². The number of hydrogen-bond donors (Lipinski definition) is 1. The molecule has 0 radical (unpaired) electrons. The molecule has 2 atom stereocenters. The average Bonchev–Trinajstić information content (AvgIpc) is 3.22. The molecule has 2 aromatic rings. The van der Waals surface area contributed by atoms with Gasteiger partial charge in [0.25, 0.3) is 0 Å². The Morgan fingerprint density at radius 3 is 2.72 bits per heavy atom. The first-order valence-corrected chi connectivity index (χ1v) is 9.04. The molecular weight excluding hydrogens is 338 g/mol. The molecule has 0 amide bonds. The highest BCUT2D eigenvalue weighted by molar-refractivity contribution is 7.12. The predicted molar refractivity (Wildman–Crippen MR) is 96.5 cm³/mol. The van der Waals surface area contributed by atoms with Crippen LogP contribution in [0.25, 0.3) is 0 Å². The second-order valence-electron chi connectivity index (χ2n) is 6.36. The highest BCUT2D eigenvalue weighted by Gasteiger charge is 2.39. The Hall–Kier alpha value is -2.18. The van der Waals surface area contributed by atoms with E-state index in [0.717, 1.165) is 21.8 Å². The van der Waals surface area contributed by atoms with E-state index in [1.54, 1.807) is 14.0 Å². The third-order valence-electron chi connectivity index (χ3n) is 4.66. The zero-order valence-electron chi connectivity index (χ0n) is 14.3. The molecule has 6 heteroatoms. The molecule has 1 aromatic heterocycles. The van der Waals surface area contributed by atoms with Gasteiger partial charge in [-0.3, -0.25) is 14.5 Å². The molecule has 0 unspecified atom stereocenters. The van der Waals surface area contributed by atoms with Gasteiger partial charge in [0, 0.05) is 25.6 Å². The molecule has 0 saturated carbocycles. The number of carboxylic acids is 1. The minimum Gasteiger partial charge on any atom is -0.496 e. The summed E-state index contributed by atoms with van der Waals surface area (Å²) in [4.78, 5) is 26.1. The Morgan fingerprint density at radius 1 is 1.32 bits per heavy atom. The number of para-hydroxylation sites is 1. The summed E-state index contributed by atoms with van der Waals surface area (Å²) in [6.45, 7) is 3.36. The molecule has 1 aliphatic rings. The van der Waals surface area contributed by atoms with Gasteiger partial charge in [0.05, 0.1) is 17.9 Å². The minimum absolute atomic E-state index is 0.0629. The van der Waals surface area contributed by atoms with Gasteiger partial charge in [-0.25, -0.2) is 0 Å². The van der Waals surface area contributed by atoms with Crippen LogP contribution in [-0.2, 0) is 11.3 Å². The number of carbonyl (C=O) groups excluding carboxylic acids is 1. The largest absolute Gasteiger partial charge is 0.496 e. The van der Waals surface area contributed by atoms with Crippen LogP contribution in [0.4, 0.5) is 0 Å². The van der Waals surface area contributed by atoms with E-state index in [-0.39, 0.29) is 11.7 Å². The molecule has 0 aliphatic carbocycles. The number of methoxy groups -OCH3 is 1. The third-order valence-corrected chi connectivity index (χ3v) is 5.74. The topological polar surface area (TPSA) is 66.8 Å². The Bertz CT molecular complexity index is 785. The molecule has 25 heavy (non-hydrogen) atoms. The lowest BCUT2D eigenvalue weighted by Crippen LogP contribution is -2.23. The maximum Gasteiger partial charge on any atom is 0.308 e. The monoisotopic (exact) mass is 359 g/mol. The van der Waals surface area contributed by atoms with E-state index in [0.29, 0.717) is 19.6 Å². The summed E-state index contributed by atoms with van der Waals surface area (Å²) in [7, 11) is 1.61. The normalized spacial score (nSPS) is 20.6. The van der Waals surface area contributed by atoms with Crippen molar-refractivity contribution in [1.29, 1.82) is 0 Å². The van der Waals surface area contributed by atoms with Crippen LogP contribution in [0, 0.1) is 5.92 Å². The van der Waals surface area contributed by atoms with E-state index >= 15 is 0 Å². The second kappa shape index (κ2) is 7.37. The Kier molecular flexibility index (Phi) is 5.20. The van der Waals surface area contributed by atoms with Crippen molar-refractivity contribution < 1.29 is 19.4 Å². The number of benzene rings is 1. The first kappa shape index (κ1) is 17.6. The van der Waals surface area contributed by atoms with Gasteiger partial charge < -0.3 is 9.84 Å². The molecule has 2 heterocycles. The van der Waals surface area contributed by atoms with Gasteiger partial charge in [0.15, 0.2) is 5.78 Å². The summed E-state index contributed by atoms with van der Waals surface area (Å²) in [5.74, 6) is -0.571. The van der Waals surface area contributed by atoms with E-state index < -0.39 is 11.9 Å². The number of carboxylic acid groups (broad SMARTS) is 1. The van der Waals surface area contributed by atoms with Crippen LogP contribution in [0.3, 0.4) is 0 Å². The second-order valence-corrected chi connectivity index (χ2v) is 7.27. The van der Waals surface area contributed by atoms with Crippen molar-refractivity contribution in [2.75, 3.05) is 20.2 Å². The summed E-state index contributed by atoms with van der Waals surface area (Å²) in [6, 6.07) is 9.52. The zero-order valence-corrected chi connectivity index (χ0v) is 15.1. The van der Waals surface area contributed by atoms with Crippen molar-refractivity contribution in [3.63, 3.8) is 0 Å². The molecule has 1 fully saturated rings. The highest BCUT2D eigenvalue weighted by atomic mass is 32.1. The highest BCUT2D eigenvalue weighted by Crippen LogP contribution is 2.38. The molecule has 0 spiro atoms. The lowest BCUT2D eigenvalue weighted by molar-refractivity contribution is -0.141. The van der Waals surface area contributed by atoms with Gasteiger partial charge in [-0.2, -0.15) is 0 Å². The van der Waals surface area contributed by atoms with Gasteiger partial charge in [0.1, 0.15) is 5.75 Å². The fraction of sp³-hybridized carbons (Fsp3) is 0.368. The number of nitrogens with zero attached hydrogens (tertiary/aromatic N) is 1. The van der Waals surface area contributed by atoms with Crippen LogP contribution in [0.15, 0.2) is 35.7 Å². The van der Waals surface area contributed by atoms with Crippen LogP contribution >= 0.6 is 11.3 Å². The van der Waals surface area contributed by atoms with Gasteiger partial charge in [-0.05, 0) is 35.6 Å². The molecule has 5 nitrogen and oxygen atoms in total. The molecule has 1 N–H and O–H groups in total. The van der Waals surface area contributed by atoms with E-state index in [1.165, 1.54) is 11.3 Å². The predicted octanol–water partition coefficient (Wildman–Crippen LogP) is 3.26. The van der Waals surface area contributed by atoms with Crippen molar-refractivity contribution in [1.82, 2.24) is 4.90 Å². The summed E-state index contributed by atoms with van der Waals surface area (Å²) < 4.78 is 5.42. The lowest BCUT2D eigenvalue weighted by Gasteiger charge is -2.18. The van der Waals surface area contributed by atoms with Gasteiger partial charge in [0.2, 0.25) is 0 Å². The van der Waals surface area contributed by atoms with Crippen LogP contribution < -0.4 is 4.74 Å². The Labute approximate surface area is 150 Å². The standard InChI is InChI=1S/C19H21NO4S/c1-12(21)18-7-13(11-25-18)8-20-9-15(16(10-20)19(22)23)14-5-3-4-6-17(14)24-2/h3-7,11,15-16H,8-10H2,1-2H3,(H,22,23)/t15-,16+/m1/s1. The Morgan fingerprint density at radius 2 is 2.08 bits per heavy atom. The van der Waals surface area contributed by atoms with E-state index in [1.807, 2.05) is 35.7 Å². The number of aliphatic carboxylic acids is 1. The Balaban J connectivity index is 1.80. The number of thiophene rings is 1. The van der Waals surface area contributed by atoms with Gasteiger partial charge in [-0.15, -0.1) is 11.3 Å². The molecule has 1 saturated heterocycles. The number of likely N-dealkylation sites (tertiary alicyclic amines) is 1. The number of ether oxygens (including phenoxy) is 1. The summed E-state index contributed by atoms with van der Waals surface area (Å²) in [5.41, 5.74) is 2.00. The van der Waals surface area contributed by atoms with Crippen molar-refractivity contribution in [3.05, 3.63) is 51.7 Å². The number of rotatable bonds is 6. The summed E-state index contributed by atoms with van der Waals surface area (Å²) >= 11 is 1.44. The van der Waals surface area contributed by atoms with Crippen LogP contribution in [0.5, 0.6) is 5.75 Å². The van der Waals surface area contributed by atoms with Gasteiger partial charge >= 0.3 is 5.97 Å². The fourth-order valence-electron chi connectivity index (χ4n) is 3.45. The molecule has 132 valence electrons. The van der Waals surface area contributed by atoms with Crippen LogP contribution in [-0.4, -0.2) is 42.0 Å². The first-order chi connectivity index (χ1) is 12.0. The van der Waals surface area contributed by atoms with Crippen LogP contribution in [0.2, 0.25) is 0 Å². The maximum atomic E-state index is 11.8. The lowest BCUT2D eigenvalue weighted by atomic mass is 9.88. The molecule has 3 rings (SSSR count). The number of Topliss-reactive ketones (excluding diaryl/α,β-unsaturated/α-hetero) is 1. The smallest absolute Gasteiger partial charge is 0.308 e. The van der Waals surface area contributed by atoms with Crippen molar-refractivity contribution in [2.24, 2.45) is 5.92 Å². The quantitative estimate of drug-likeness (QED) is 0.802. The van der Waals surface area contributed by atoms with Crippen molar-refractivity contribution >= 4 is 23.1 Å². The summed E-state index contributed by atoms with van der Waals surface area (Å²) in [6.07, 6.45) is 0. The number of ketones is 1. The zero-order chi connectivity index (χ0) is 18.0. The van der Waals surface area contributed by atoms with Crippen molar-refractivity contribution in [2.45, 2.75) is 19.4 Å². The summed E-state index contributed by atoms with van der Waals surface area (Å²) in [5, 5.41) is 11.6. The fourth-order valence-corrected chi connectivity index (χ4v) is 4.26.